The van der Waals surface area contributed by atoms with Crippen molar-refractivity contribution < 1.29 is 14.3 Å². The molecule has 2 aromatic carbocycles. The van der Waals surface area contributed by atoms with Crippen molar-refractivity contribution in [1.82, 2.24) is 15.0 Å². The molecular formula is C27H28N6O3. The number of nitrogens with zero attached hydrogens (tertiary/aromatic N) is 4. The van der Waals surface area contributed by atoms with Crippen molar-refractivity contribution in [3.05, 3.63) is 60.3 Å². The largest absolute Gasteiger partial charge is 0.493 e. The van der Waals surface area contributed by atoms with Gasteiger partial charge in [-0.1, -0.05) is 12.1 Å². The summed E-state index contributed by atoms with van der Waals surface area (Å²) < 4.78 is 10.9. The lowest BCUT2D eigenvalue weighted by atomic mass is 10.0. The van der Waals surface area contributed by atoms with E-state index in [2.05, 4.69) is 25.5 Å². The van der Waals surface area contributed by atoms with Crippen molar-refractivity contribution in [2.75, 3.05) is 49.9 Å². The van der Waals surface area contributed by atoms with Gasteiger partial charge in [0.2, 0.25) is 5.95 Å². The first-order chi connectivity index (χ1) is 17.6. The number of aromatic nitrogens is 3. The Morgan fingerprint density at radius 3 is 2.44 bits per heavy atom. The maximum Gasteiger partial charge on any atom is 0.257 e. The Balaban J connectivity index is 1.45. The van der Waals surface area contributed by atoms with Crippen LogP contribution in [0.4, 0.5) is 17.5 Å². The number of methoxy groups -OCH3 is 2. The Bertz CT molecular complexity index is 1400. The molecule has 36 heavy (non-hydrogen) atoms. The highest BCUT2D eigenvalue weighted by Gasteiger charge is 2.17. The van der Waals surface area contributed by atoms with Gasteiger partial charge in [0.25, 0.3) is 5.91 Å². The Labute approximate surface area is 209 Å². The van der Waals surface area contributed by atoms with Crippen LogP contribution in [0.15, 0.2) is 54.7 Å². The summed E-state index contributed by atoms with van der Waals surface area (Å²) in [5.74, 6) is 2.34. The molecule has 0 unspecified atom stereocenters. The van der Waals surface area contributed by atoms with Crippen molar-refractivity contribution in [3.63, 3.8) is 0 Å². The van der Waals surface area contributed by atoms with E-state index in [1.165, 1.54) is 12.8 Å². The van der Waals surface area contributed by atoms with Gasteiger partial charge >= 0.3 is 0 Å². The average Bonchev–Trinajstić information content (AvgIpc) is 3.47. The Hall–Kier alpha value is -4.40. The van der Waals surface area contributed by atoms with Crippen molar-refractivity contribution in [1.29, 1.82) is 0 Å². The fraction of sp³-hybridized carbons (Fsp3) is 0.259. The number of ether oxygens (including phenoxy) is 2. The van der Waals surface area contributed by atoms with Gasteiger partial charge < -0.3 is 25.0 Å². The van der Waals surface area contributed by atoms with Crippen LogP contribution in [0, 0.1) is 0 Å². The van der Waals surface area contributed by atoms with E-state index in [9.17, 15) is 4.79 Å². The summed E-state index contributed by atoms with van der Waals surface area (Å²) in [6.45, 7) is 2.02. The number of fused-ring (bicyclic) bond motifs is 1. The first-order valence-corrected chi connectivity index (χ1v) is 11.8. The second-order valence-corrected chi connectivity index (χ2v) is 8.50. The predicted octanol–water partition coefficient (Wildman–Crippen LogP) is 4.60. The van der Waals surface area contributed by atoms with Crippen molar-refractivity contribution >= 4 is 34.3 Å². The molecule has 0 saturated carbocycles. The molecule has 4 aromatic rings. The van der Waals surface area contributed by atoms with Crippen LogP contribution in [-0.2, 0) is 0 Å². The zero-order chi connectivity index (χ0) is 25.1. The maximum atomic E-state index is 12.9. The van der Waals surface area contributed by atoms with Gasteiger partial charge in [-0.2, -0.15) is 0 Å². The molecule has 0 spiro atoms. The molecule has 9 heteroatoms. The summed E-state index contributed by atoms with van der Waals surface area (Å²) in [7, 11) is 4.95. The summed E-state index contributed by atoms with van der Waals surface area (Å²) in [6, 6.07) is 15.0. The van der Waals surface area contributed by atoms with Crippen LogP contribution in [0.5, 0.6) is 11.5 Å². The summed E-state index contributed by atoms with van der Waals surface area (Å²) in [6.07, 6.45) is 3.99. The maximum absolute atomic E-state index is 12.9. The third-order valence-corrected chi connectivity index (χ3v) is 6.26. The van der Waals surface area contributed by atoms with Crippen LogP contribution in [-0.4, -0.2) is 55.2 Å². The monoisotopic (exact) mass is 484 g/mol. The third-order valence-electron chi connectivity index (χ3n) is 6.26. The Morgan fingerprint density at radius 2 is 1.75 bits per heavy atom. The molecule has 0 aliphatic carbocycles. The third kappa shape index (κ3) is 4.59. The zero-order valence-electron chi connectivity index (χ0n) is 20.5. The summed E-state index contributed by atoms with van der Waals surface area (Å²) in [5.41, 5.74) is 3.40. The van der Waals surface area contributed by atoms with Crippen LogP contribution in [0.3, 0.4) is 0 Å². The van der Waals surface area contributed by atoms with Gasteiger partial charge in [0.1, 0.15) is 5.82 Å². The SMILES string of the molecule is CNc1nc(-c2cccc(NC(=O)c3ccc(N4CCCC4)nc3)c2)c2cc(OC)c(OC)cc2n1. The summed E-state index contributed by atoms with van der Waals surface area (Å²) in [4.78, 5) is 28.9. The molecule has 1 aliphatic rings. The quantitative estimate of drug-likeness (QED) is 0.392. The lowest BCUT2D eigenvalue weighted by Gasteiger charge is -2.16. The fourth-order valence-electron chi connectivity index (χ4n) is 4.39. The van der Waals surface area contributed by atoms with Crippen molar-refractivity contribution in [2.45, 2.75) is 12.8 Å². The van der Waals surface area contributed by atoms with Crippen molar-refractivity contribution in [2.24, 2.45) is 0 Å². The lowest BCUT2D eigenvalue weighted by molar-refractivity contribution is 0.102. The zero-order valence-corrected chi connectivity index (χ0v) is 20.5. The van der Waals surface area contributed by atoms with Crippen LogP contribution in [0.25, 0.3) is 22.2 Å². The topological polar surface area (TPSA) is 102 Å². The molecule has 1 aliphatic heterocycles. The van der Waals surface area contributed by atoms with E-state index < -0.39 is 0 Å². The fourth-order valence-corrected chi connectivity index (χ4v) is 4.39. The molecule has 3 heterocycles. The number of carbonyl (C=O) groups excluding carboxylic acids is 1. The molecule has 2 aromatic heterocycles. The number of anilines is 3. The number of benzene rings is 2. The minimum atomic E-state index is -0.220. The van der Waals surface area contributed by atoms with Gasteiger partial charge in [-0.25, -0.2) is 15.0 Å². The van der Waals surface area contributed by atoms with Gasteiger partial charge in [0, 0.05) is 49.0 Å². The number of pyridine rings is 1. The van der Waals surface area contributed by atoms with Crippen LogP contribution >= 0.6 is 0 Å². The van der Waals surface area contributed by atoms with E-state index in [0.29, 0.717) is 39.9 Å². The van der Waals surface area contributed by atoms with Gasteiger partial charge in [-0.15, -0.1) is 0 Å². The van der Waals surface area contributed by atoms with Crippen molar-refractivity contribution in [3.8, 4) is 22.8 Å². The van der Waals surface area contributed by atoms with Gasteiger partial charge in [-0.3, -0.25) is 4.79 Å². The van der Waals surface area contributed by atoms with E-state index >= 15 is 0 Å². The second-order valence-electron chi connectivity index (χ2n) is 8.50. The van der Waals surface area contributed by atoms with E-state index in [1.807, 2.05) is 48.5 Å². The number of amides is 1. The van der Waals surface area contributed by atoms with Gasteiger partial charge in [0.05, 0.1) is 31.0 Å². The summed E-state index contributed by atoms with van der Waals surface area (Å²) in [5, 5.41) is 6.80. The number of nitrogens with one attached hydrogen (secondary N) is 2. The highest BCUT2D eigenvalue weighted by Crippen LogP contribution is 2.36. The number of carbonyl (C=O) groups is 1. The predicted molar refractivity (Wildman–Crippen MR) is 141 cm³/mol. The normalized spacial score (nSPS) is 13.0. The molecular weight excluding hydrogens is 456 g/mol. The molecule has 2 N–H and O–H groups in total. The Kier molecular flexibility index (Phi) is 6.53. The van der Waals surface area contributed by atoms with Gasteiger partial charge in [0.15, 0.2) is 11.5 Å². The lowest BCUT2D eigenvalue weighted by Crippen LogP contribution is -2.19. The molecule has 0 atom stereocenters. The minimum absolute atomic E-state index is 0.220. The number of hydrogen-bond acceptors (Lipinski definition) is 8. The number of hydrogen-bond donors (Lipinski definition) is 2. The summed E-state index contributed by atoms with van der Waals surface area (Å²) >= 11 is 0. The van der Waals surface area contributed by atoms with Crippen LogP contribution in [0.2, 0.25) is 0 Å². The standard InChI is InChI=1S/C27H28N6O3/c1-28-27-31-21-15-23(36-3)22(35-2)14-20(21)25(32-27)17-7-6-8-19(13-17)30-26(34)18-9-10-24(29-16-18)33-11-4-5-12-33/h6-10,13-16H,4-5,11-12H2,1-3H3,(H,30,34)(H,28,31,32). The smallest absolute Gasteiger partial charge is 0.257 e. The molecule has 1 amide bonds. The Morgan fingerprint density at radius 1 is 0.972 bits per heavy atom. The average molecular weight is 485 g/mol. The minimum Gasteiger partial charge on any atom is -0.493 e. The molecule has 5 rings (SSSR count). The highest BCUT2D eigenvalue weighted by atomic mass is 16.5. The molecule has 0 bridgehead atoms. The van der Waals surface area contributed by atoms with E-state index in [1.54, 1.807) is 27.5 Å². The van der Waals surface area contributed by atoms with Crippen LogP contribution < -0.4 is 25.0 Å². The highest BCUT2D eigenvalue weighted by molar-refractivity contribution is 6.04. The molecule has 9 nitrogen and oxygen atoms in total. The molecule has 1 fully saturated rings. The molecule has 0 radical (unpaired) electrons. The van der Waals surface area contributed by atoms with E-state index in [4.69, 9.17) is 14.5 Å². The first-order valence-electron chi connectivity index (χ1n) is 11.8. The second kappa shape index (κ2) is 10.1. The van der Waals surface area contributed by atoms with Gasteiger partial charge in [-0.05, 0) is 43.2 Å². The molecule has 184 valence electrons. The number of rotatable bonds is 7. The first kappa shape index (κ1) is 23.3. The van der Waals surface area contributed by atoms with E-state index in [0.717, 1.165) is 29.9 Å². The molecule has 1 saturated heterocycles. The van der Waals surface area contributed by atoms with Crippen LogP contribution in [0.1, 0.15) is 23.2 Å². The van der Waals surface area contributed by atoms with E-state index in [-0.39, 0.29) is 5.91 Å².